The lowest BCUT2D eigenvalue weighted by atomic mass is 9.92. The highest BCUT2D eigenvalue weighted by molar-refractivity contribution is 5.52. The van der Waals surface area contributed by atoms with Gasteiger partial charge in [-0.15, -0.1) is 10.2 Å². The Balaban J connectivity index is 1.36. The van der Waals surface area contributed by atoms with Gasteiger partial charge in [0.1, 0.15) is 0 Å². The van der Waals surface area contributed by atoms with Crippen LogP contribution in [0.25, 0.3) is 11.4 Å². The minimum absolute atomic E-state index is 0.715. The van der Waals surface area contributed by atoms with E-state index in [-0.39, 0.29) is 0 Å². The van der Waals surface area contributed by atoms with Crippen LogP contribution in [0.15, 0.2) is 30.3 Å². The van der Waals surface area contributed by atoms with Crippen LogP contribution in [-0.2, 0) is 6.54 Å². The van der Waals surface area contributed by atoms with E-state index in [1.54, 1.807) is 4.80 Å². The van der Waals surface area contributed by atoms with Crippen molar-refractivity contribution < 1.29 is 0 Å². The summed E-state index contributed by atoms with van der Waals surface area (Å²) in [5.74, 6) is 2.42. The predicted octanol–water partition coefficient (Wildman–Crippen LogP) is 3.49. The first kappa shape index (κ1) is 17.1. The molecule has 1 fully saturated rings. The molecule has 0 spiro atoms. The van der Waals surface area contributed by atoms with E-state index in [2.05, 4.69) is 34.2 Å². The van der Waals surface area contributed by atoms with Gasteiger partial charge < -0.3 is 4.90 Å². The van der Waals surface area contributed by atoms with Crippen LogP contribution in [0.5, 0.6) is 0 Å². The first-order chi connectivity index (χ1) is 11.7. The smallest absolute Gasteiger partial charge is 0.204 e. The summed E-state index contributed by atoms with van der Waals surface area (Å²) in [6, 6.07) is 10.0. The predicted molar refractivity (Wildman–Crippen MR) is 96.5 cm³/mol. The third-order valence-electron chi connectivity index (χ3n) is 4.76. The number of aryl methyl sites for hydroxylation is 1. The van der Waals surface area contributed by atoms with Crippen molar-refractivity contribution in [3.63, 3.8) is 0 Å². The molecule has 1 aliphatic heterocycles. The lowest BCUT2D eigenvalue weighted by molar-refractivity contribution is 0.138. The molecule has 0 bridgehead atoms. The summed E-state index contributed by atoms with van der Waals surface area (Å²) in [5, 5.41) is 12.8. The highest BCUT2D eigenvalue weighted by atomic mass is 15.6. The van der Waals surface area contributed by atoms with Crippen molar-refractivity contribution in [3.05, 3.63) is 30.3 Å². The first-order valence-corrected chi connectivity index (χ1v) is 9.26. The van der Waals surface area contributed by atoms with Gasteiger partial charge in [0.05, 0.1) is 6.54 Å². The molecule has 0 N–H and O–H groups in total. The highest BCUT2D eigenvalue weighted by Crippen LogP contribution is 2.21. The van der Waals surface area contributed by atoms with Crippen molar-refractivity contribution in [3.8, 4) is 11.4 Å². The van der Waals surface area contributed by atoms with Crippen molar-refractivity contribution in [2.24, 2.45) is 11.8 Å². The lowest BCUT2D eigenvalue weighted by Gasteiger charge is -2.34. The molecule has 2 aromatic rings. The number of piperidine rings is 1. The molecular formula is C19H29N5. The maximum Gasteiger partial charge on any atom is 0.204 e. The van der Waals surface area contributed by atoms with E-state index in [4.69, 9.17) is 0 Å². The van der Waals surface area contributed by atoms with Crippen LogP contribution in [0.4, 0.5) is 0 Å². The summed E-state index contributed by atoms with van der Waals surface area (Å²) in [6.45, 7) is 9.39. The van der Waals surface area contributed by atoms with Gasteiger partial charge in [0, 0.05) is 18.7 Å². The maximum absolute atomic E-state index is 4.47. The molecule has 0 amide bonds. The second kappa shape index (κ2) is 8.38. The number of nitrogens with zero attached hydrogens (tertiary/aromatic N) is 5. The molecule has 0 radical (unpaired) electrons. The molecule has 1 aliphatic rings. The van der Waals surface area contributed by atoms with E-state index >= 15 is 0 Å². The summed E-state index contributed by atoms with van der Waals surface area (Å²) < 4.78 is 0. The van der Waals surface area contributed by atoms with Crippen LogP contribution in [0.2, 0.25) is 0 Å². The molecule has 2 heterocycles. The number of aromatic nitrogens is 4. The Kier molecular flexibility index (Phi) is 5.96. The Labute approximate surface area is 145 Å². The molecule has 2 atom stereocenters. The molecule has 130 valence electrons. The van der Waals surface area contributed by atoms with Crippen LogP contribution in [0, 0.1) is 11.8 Å². The quantitative estimate of drug-likeness (QED) is 0.730. The van der Waals surface area contributed by atoms with Crippen molar-refractivity contribution in [2.75, 3.05) is 19.6 Å². The van der Waals surface area contributed by atoms with Crippen molar-refractivity contribution in [2.45, 2.75) is 46.1 Å². The third-order valence-corrected chi connectivity index (χ3v) is 4.76. The summed E-state index contributed by atoms with van der Waals surface area (Å²) in [4.78, 5) is 4.37. The normalized spacial score (nSPS) is 21.9. The average Bonchev–Trinajstić information content (AvgIpc) is 3.03. The summed E-state index contributed by atoms with van der Waals surface area (Å²) in [7, 11) is 0. The Hall–Kier alpha value is -1.75. The van der Waals surface area contributed by atoms with Gasteiger partial charge in [-0.05, 0) is 42.9 Å². The highest BCUT2D eigenvalue weighted by Gasteiger charge is 2.20. The summed E-state index contributed by atoms with van der Waals surface area (Å²) in [5.41, 5.74) is 1.03. The number of benzene rings is 1. The Morgan fingerprint density at radius 2 is 1.67 bits per heavy atom. The summed E-state index contributed by atoms with van der Waals surface area (Å²) >= 11 is 0. The number of tetrazole rings is 1. The molecule has 24 heavy (non-hydrogen) atoms. The molecule has 1 saturated heterocycles. The summed E-state index contributed by atoms with van der Waals surface area (Å²) in [6.07, 6.45) is 4.99. The van der Waals surface area contributed by atoms with Crippen LogP contribution in [0.3, 0.4) is 0 Å². The van der Waals surface area contributed by atoms with Crippen molar-refractivity contribution in [1.82, 2.24) is 25.1 Å². The number of unbranched alkanes of at least 4 members (excludes halogenated alkanes) is 2. The van der Waals surface area contributed by atoms with Crippen LogP contribution < -0.4 is 0 Å². The Morgan fingerprint density at radius 3 is 2.42 bits per heavy atom. The fraction of sp³-hybridized carbons (Fsp3) is 0.632. The molecule has 0 saturated carbocycles. The van der Waals surface area contributed by atoms with E-state index in [9.17, 15) is 0 Å². The van der Waals surface area contributed by atoms with Gasteiger partial charge >= 0.3 is 0 Å². The van der Waals surface area contributed by atoms with Crippen LogP contribution >= 0.6 is 0 Å². The second-order valence-electron chi connectivity index (χ2n) is 7.34. The Bertz CT molecular complexity index is 599. The zero-order valence-corrected chi connectivity index (χ0v) is 14.9. The number of hydrogen-bond donors (Lipinski definition) is 0. The average molecular weight is 327 g/mol. The third kappa shape index (κ3) is 4.87. The molecule has 3 rings (SSSR count). The topological polar surface area (TPSA) is 46.8 Å². The zero-order valence-electron chi connectivity index (χ0n) is 14.9. The van der Waals surface area contributed by atoms with Gasteiger partial charge in [-0.3, -0.25) is 0 Å². The van der Waals surface area contributed by atoms with Crippen LogP contribution in [0.1, 0.15) is 39.5 Å². The lowest BCUT2D eigenvalue weighted by Crippen LogP contribution is -2.39. The number of likely N-dealkylation sites (tertiary alicyclic amines) is 1. The molecule has 5 heteroatoms. The minimum Gasteiger partial charge on any atom is -0.303 e. The van der Waals surface area contributed by atoms with Gasteiger partial charge in [0.15, 0.2) is 0 Å². The van der Waals surface area contributed by atoms with Crippen molar-refractivity contribution in [1.29, 1.82) is 0 Å². The van der Waals surface area contributed by atoms with E-state index in [0.29, 0.717) is 5.82 Å². The van der Waals surface area contributed by atoms with Gasteiger partial charge in [-0.25, -0.2) is 0 Å². The molecule has 2 unspecified atom stereocenters. The number of hydrogen-bond acceptors (Lipinski definition) is 4. The van der Waals surface area contributed by atoms with Gasteiger partial charge in [-0.1, -0.05) is 50.6 Å². The Morgan fingerprint density at radius 1 is 0.958 bits per heavy atom. The van der Waals surface area contributed by atoms with Gasteiger partial charge in [-0.2, -0.15) is 4.80 Å². The van der Waals surface area contributed by atoms with E-state index in [0.717, 1.165) is 30.4 Å². The second-order valence-corrected chi connectivity index (χ2v) is 7.34. The molecular weight excluding hydrogens is 298 g/mol. The largest absolute Gasteiger partial charge is 0.303 e. The minimum atomic E-state index is 0.715. The van der Waals surface area contributed by atoms with E-state index in [1.807, 2.05) is 30.3 Å². The molecule has 1 aromatic carbocycles. The van der Waals surface area contributed by atoms with Gasteiger partial charge in [0.25, 0.3) is 0 Å². The number of rotatable bonds is 7. The molecule has 5 nitrogen and oxygen atoms in total. The standard InChI is InChI=1S/C19H29N5/c1-16-13-17(2)15-23(14-16)11-7-4-8-12-24-21-19(20-22-24)18-9-5-3-6-10-18/h3,5-6,9-10,16-17H,4,7-8,11-15H2,1-2H3. The van der Waals surface area contributed by atoms with Crippen molar-refractivity contribution >= 4 is 0 Å². The maximum atomic E-state index is 4.47. The SMILES string of the molecule is CC1CC(C)CN(CCCCCn2nnc(-c3ccccc3)n2)C1. The fourth-order valence-electron chi connectivity index (χ4n) is 3.78. The van der Waals surface area contributed by atoms with Crippen LogP contribution in [-0.4, -0.2) is 44.7 Å². The van der Waals surface area contributed by atoms with Gasteiger partial charge in [0.2, 0.25) is 5.82 Å². The fourth-order valence-corrected chi connectivity index (χ4v) is 3.78. The molecule has 1 aromatic heterocycles. The first-order valence-electron chi connectivity index (χ1n) is 9.26. The monoisotopic (exact) mass is 327 g/mol. The zero-order chi connectivity index (χ0) is 16.8. The van der Waals surface area contributed by atoms with E-state index < -0.39 is 0 Å². The molecule has 0 aliphatic carbocycles. The van der Waals surface area contributed by atoms with E-state index in [1.165, 1.54) is 38.9 Å².